The summed E-state index contributed by atoms with van der Waals surface area (Å²) in [6.07, 6.45) is 0. The first-order valence-electron chi connectivity index (χ1n) is 3.95. The lowest BCUT2D eigenvalue weighted by atomic mass is 10.0. The Morgan fingerprint density at radius 2 is 2.33 bits per heavy atom. The molecule has 0 radical (unpaired) electrons. The molecule has 0 amide bonds. The van der Waals surface area contributed by atoms with Gasteiger partial charge in [0.25, 0.3) is 0 Å². The maximum atomic E-state index is 8.80. The second-order valence-electron chi connectivity index (χ2n) is 3.06. The molecular weight excluding hydrogens is 174 g/mol. The average molecular weight is 185 g/mol. The summed E-state index contributed by atoms with van der Waals surface area (Å²) in [7, 11) is 0. The van der Waals surface area contributed by atoms with Crippen molar-refractivity contribution in [3.05, 3.63) is 5.01 Å². The van der Waals surface area contributed by atoms with Crippen LogP contribution in [0.1, 0.15) is 5.01 Å². The number of nitrogens with zero attached hydrogens (tertiary/aromatic N) is 3. The molecule has 2 heterocycles. The van der Waals surface area contributed by atoms with E-state index in [1.807, 2.05) is 6.92 Å². The maximum absolute atomic E-state index is 8.80. The Bertz CT molecular complexity index is 269. The number of rotatable bonds is 2. The first-order chi connectivity index (χ1) is 5.79. The standard InChI is InChI=1S/C7H11N3OS/c1-5-8-9-7(12-5)10-2-6(3-10)4-11/h6,11H,2-4H2,1H3. The number of aromatic nitrogens is 2. The van der Waals surface area contributed by atoms with Gasteiger partial charge in [-0.25, -0.2) is 0 Å². The fourth-order valence-electron chi connectivity index (χ4n) is 1.26. The van der Waals surface area contributed by atoms with E-state index in [2.05, 4.69) is 15.1 Å². The van der Waals surface area contributed by atoms with Gasteiger partial charge < -0.3 is 10.0 Å². The van der Waals surface area contributed by atoms with Crippen LogP contribution in [0.3, 0.4) is 0 Å². The van der Waals surface area contributed by atoms with Crippen LogP contribution in [0.5, 0.6) is 0 Å². The lowest BCUT2D eigenvalue weighted by molar-refractivity contribution is 0.200. The van der Waals surface area contributed by atoms with Crippen LogP contribution >= 0.6 is 11.3 Å². The highest BCUT2D eigenvalue weighted by Gasteiger charge is 2.28. The van der Waals surface area contributed by atoms with Crippen LogP contribution in [-0.2, 0) is 0 Å². The van der Waals surface area contributed by atoms with Gasteiger partial charge in [0, 0.05) is 25.6 Å². The molecule has 0 atom stereocenters. The molecule has 1 aliphatic heterocycles. The molecule has 1 aromatic rings. The van der Waals surface area contributed by atoms with Gasteiger partial charge in [-0.15, -0.1) is 10.2 Å². The summed E-state index contributed by atoms with van der Waals surface area (Å²) in [6.45, 7) is 4.08. The van der Waals surface area contributed by atoms with E-state index in [4.69, 9.17) is 5.11 Å². The van der Waals surface area contributed by atoms with Crippen LogP contribution in [-0.4, -0.2) is 35.0 Å². The van der Waals surface area contributed by atoms with E-state index in [9.17, 15) is 0 Å². The van der Waals surface area contributed by atoms with E-state index < -0.39 is 0 Å². The molecule has 0 aromatic carbocycles. The minimum atomic E-state index is 0.286. The average Bonchev–Trinajstić information content (AvgIpc) is 2.34. The summed E-state index contributed by atoms with van der Waals surface area (Å²) in [6, 6.07) is 0. The van der Waals surface area contributed by atoms with Crippen LogP contribution in [0.2, 0.25) is 0 Å². The summed E-state index contributed by atoms with van der Waals surface area (Å²) in [5.41, 5.74) is 0. The van der Waals surface area contributed by atoms with Crippen molar-refractivity contribution in [1.82, 2.24) is 10.2 Å². The summed E-state index contributed by atoms with van der Waals surface area (Å²) in [4.78, 5) is 2.14. The van der Waals surface area contributed by atoms with E-state index in [1.165, 1.54) is 0 Å². The summed E-state index contributed by atoms with van der Waals surface area (Å²) in [5, 5.41) is 18.7. The Labute approximate surface area is 74.9 Å². The van der Waals surface area contributed by atoms with Gasteiger partial charge >= 0.3 is 0 Å². The molecule has 1 saturated heterocycles. The molecule has 0 bridgehead atoms. The third-order valence-corrected chi connectivity index (χ3v) is 2.90. The topological polar surface area (TPSA) is 49.2 Å². The van der Waals surface area contributed by atoms with Gasteiger partial charge in [-0.05, 0) is 6.92 Å². The molecule has 1 N–H and O–H groups in total. The molecule has 5 heteroatoms. The predicted molar refractivity (Wildman–Crippen MR) is 47.4 cm³/mol. The highest BCUT2D eigenvalue weighted by Crippen LogP contribution is 2.26. The van der Waals surface area contributed by atoms with Crippen molar-refractivity contribution in [2.24, 2.45) is 5.92 Å². The molecule has 0 aliphatic carbocycles. The van der Waals surface area contributed by atoms with Gasteiger partial charge in [0.1, 0.15) is 5.01 Å². The third kappa shape index (κ3) is 1.30. The van der Waals surface area contributed by atoms with Gasteiger partial charge in [-0.1, -0.05) is 11.3 Å². The first-order valence-corrected chi connectivity index (χ1v) is 4.77. The Morgan fingerprint density at radius 1 is 1.58 bits per heavy atom. The zero-order chi connectivity index (χ0) is 8.55. The maximum Gasteiger partial charge on any atom is 0.208 e. The molecule has 1 aliphatic rings. The van der Waals surface area contributed by atoms with E-state index >= 15 is 0 Å². The number of aliphatic hydroxyl groups excluding tert-OH is 1. The molecule has 2 rings (SSSR count). The van der Waals surface area contributed by atoms with Gasteiger partial charge in [-0.2, -0.15) is 0 Å². The minimum Gasteiger partial charge on any atom is -0.396 e. The second-order valence-corrected chi connectivity index (χ2v) is 4.22. The van der Waals surface area contributed by atoms with Gasteiger partial charge in [0.15, 0.2) is 0 Å². The number of anilines is 1. The fraction of sp³-hybridized carbons (Fsp3) is 0.714. The summed E-state index contributed by atoms with van der Waals surface area (Å²) >= 11 is 1.61. The molecule has 0 unspecified atom stereocenters. The lowest BCUT2D eigenvalue weighted by Gasteiger charge is -2.37. The predicted octanol–water partition coefficient (Wildman–Crippen LogP) is 0.275. The van der Waals surface area contributed by atoms with Crippen LogP contribution in [0.25, 0.3) is 0 Å². The Hall–Kier alpha value is -0.680. The minimum absolute atomic E-state index is 0.286. The zero-order valence-electron chi connectivity index (χ0n) is 6.90. The van der Waals surface area contributed by atoms with E-state index in [0.29, 0.717) is 5.92 Å². The van der Waals surface area contributed by atoms with Crippen molar-refractivity contribution < 1.29 is 5.11 Å². The van der Waals surface area contributed by atoms with Crippen LogP contribution in [0.4, 0.5) is 5.13 Å². The van der Waals surface area contributed by atoms with Crippen LogP contribution in [0.15, 0.2) is 0 Å². The highest BCUT2D eigenvalue weighted by atomic mass is 32.1. The smallest absolute Gasteiger partial charge is 0.208 e. The van der Waals surface area contributed by atoms with Crippen LogP contribution in [0, 0.1) is 12.8 Å². The molecule has 1 aromatic heterocycles. The normalized spacial score (nSPS) is 18.0. The number of hydrogen-bond acceptors (Lipinski definition) is 5. The van der Waals surface area contributed by atoms with Gasteiger partial charge in [-0.3, -0.25) is 0 Å². The molecule has 1 fully saturated rings. The number of aliphatic hydroxyl groups is 1. The SMILES string of the molecule is Cc1nnc(N2CC(CO)C2)s1. The molecule has 4 nitrogen and oxygen atoms in total. The molecule has 0 saturated carbocycles. The molecular formula is C7H11N3OS. The van der Waals surface area contributed by atoms with E-state index in [-0.39, 0.29) is 6.61 Å². The van der Waals surface area contributed by atoms with Gasteiger partial charge in [0.2, 0.25) is 5.13 Å². The van der Waals surface area contributed by atoms with Gasteiger partial charge in [0.05, 0.1) is 0 Å². The van der Waals surface area contributed by atoms with Crippen molar-refractivity contribution >= 4 is 16.5 Å². The largest absolute Gasteiger partial charge is 0.396 e. The summed E-state index contributed by atoms with van der Waals surface area (Å²) < 4.78 is 0. The fourth-order valence-corrected chi connectivity index (χ4v) is 1.96. The van der Waals surface area contributed by atoms with Crippen molar-refractivity contribution in [3.8, 4) is 0 Å². The number of aryl methyl sites for hydroxylation is 1. The quantitative estimate of drug-likeness (QED) is 0.718. The van der Waals surface area contributed by atoms with Crippen molar-refractivity contribution in [3.63, 3.8) is 0 Å². The Balaban J connectivity index is 1.96. The van der Waals surface area contributed by atoms with Crippen molar-refractivity contribution in [2.45, 2.75) is 6.92 Å². The highest BCUT2D eigenvalue weighted by molar-refractivity contribution is 7.15. The van der Waals surface area contributed by atoms with Crippen LogP contribution < -0.4 is 4.90 Å². The Morgan fingerprint density at radius 3 is 2.83 bits per heavy atom. The first kappa shape index (κ1) is 7.94. The summed E-state index contributed by atoms with van der Waals surface area (Å²) in [5.74, 6) is 0.439. The second kappa shape index (κ2) is 2.99. The number of hydrogen-bond donors (Lipinski definition) is 1. The molecule has 66 valence electrons. The lowest BCUT2D eigenvalue weighted by Crippen LogP contribution is -2.48. The Kier molecular flexibility index (Phi) is 1.98. The van der Waals surface area contributed by atoms with Crippen molar-refractivity contribution in [2.75, 3.05) is 24.6 Å². The van der Waals surface area contributed by atoms with Crippen molar-refractivity contribution in [1.29, 1.82) is 0 Å². The third-order valence-electron chi connectivity index (χ3n) is 2.00. The molecule has 12 heavy (non-hydrogen) atoms. The van der Waals surface area contributed by atoms with E-state index in [1.54, 1.807) is 11.3 Å². The monoisotopic (exact) mass is 185 g/mol. The van der Waals surface area contributed by atoms with E-state index in [0.717, 1.165) is 23.2 Å². The zero-order valence-corrected chi connectivity index (χ0v) is 7.71. The molecule has 0 spiro atoms.